The van der Waals surface area contributed by atoms with Crippen molar-refractivity contribution in [3.63, 3.8) is 0 Å². The second-order valence-corrected chi connectivity index (χ2v) is 5.30. The highest BCUT2D eigenvalue weighted by Gasteiger charge is 2.09. The number of hydrogen-bond donors (Lipinski definition) is 0. The molecule has 0 N–H and O–H groups in total. The van der Waals surface area contributed by atoms with Crippen LogP contribution in [-0.2, 0) is 19.4 Å². The minimum Gasteiger partial charge on any atom is -0.497 e. The molecule has 22 heavy (non-hydrogen) atoms. The van der Waals surface area contributed by atoms with E-state index < -0.39 is 0 Å². The molecule has 0 aliphatic heterocycles. The van der Waals surface area contributed by atoms with Crippen molar-refractivity contribution >= 4 is 10.9 Å². The Hall–Kier alpha value is -2.73. The summed E-state index contributed by atoms with van der Waals surface area (Å²) in [7, 11) is 1.66. The van der Waals surface area contributed by atoms with Gasteiger partial charge in [0.25, 0.3) is 0 Å². The molecular formula is C19H18N2O. The molecule has 0 unspecified atom stereocenters. The van der Waals surface area contributed by atoms with Gasteiger partial charge in [-0.15, -0.1) is 0 Å². The van der Waals surface area contributed by atoms with E-state index in [1.807, 2.05) is 18.2 Å². The minimum atomic E-state index is 0.419. The van der Waals surface area contributed by atoms with Crippen molar-refractivity contribution in [2.24, 2.45) is 0 Å². The number of nitrogens with zero attached hydrogens (tertiary/aromatic N) is 2. The Bertz CT molecular complexity index is 813. The van der Waals surface area contributed by atoms with Crippen molar-refractivity contribution in [3.05, 3.63) is 65.9 Å². The highest BCUT2D eigenvalue weighted by atomic mass is 16.5. The zero-order chi connectivity index (χ0) is 15.4. The fourth-order valence-corrected chi connectivity index (χ4v) is 2.78. The third-order valence-electron chi connectivity index (χ3n) is 3.92. The number of rotatable bonds is 5. The van der Waals surface area contributed by atoms with Crippen LogP contribution < -0.4 is 4.74 Å². The summed E-state index contributed by atoms with van der Waals surface area (Å²) in [5, 5.41) is 10.1. The number of hydrogen-bond acceptors (Lipinski definition) is 2. The maximum atomic E-state index is 9.03. The molecule has 0 aliphatic carbocycles. The second-order valence-electron chi connectivity index (χ2n) is 5.30. The molecule has 0 atom stereocenters. The van der Waals surface area contributed by atoms with Gasteiger partial charge in [0.15, 0.2) is 0 Å². The zero-order valence-electron chi connectivity index (χ0n) is 12.6. The van der Waals surface area contributed by atoms with E-state index >= 15 is 0 Å². The van der Waals surface area contributed by atoms with Gasteiger partial charge in [0.05, 0.1) is 19.6 Å². The largest absolute Gasteiger partial charge is 0.497 e. The van der Waals surface area contributed by atoms with Crippen LogP contribution in [0.25, 0.3) is 10.9 Å². The number of benzene rings is 2. The van der Waals surface area contributed by atoms with E-state index in [1.165, 1.54) is 5.56 Å². The van der Waals surface area contributed by atoms with E-state index in [4.69, 9.17) is 10.00 Å². The molecule has 0 fully saturated rings. The van der Waals surface area contributed by atoms with Gasteiger partial charge in [-0.2, -0.15) is 5.26 Å². The van der Waals surface area contributed by atoms with Crippen LogP contribution in [0.3, 0.4) is 0 Å². The number of methoxy groups -OCH3 is 1. The quantitative estimate of drug-likeness (QED) is 0.713. The van der Waals surface area contributed by atoms with Crippen LogP contribution in [0.5, 0.6) is 5.75 Å². The molecule has 0 aliphatic rings. The number of ether oxygens (including phenoxy) is 1. The van der Waals surface area contributed by atoms with Crippen LogP contribution in [0, 0.1) is 11.3 Å². The molecular weight excluding hydrogens is 272 g/mol. The molecule has 110 valence electrons. The second kappa shape index (κ2) is 6.36. The fourth-order valence-electron chi connectivity index (χ4n) is 2.78. The molecule has 0 saturated heterocycles. The first-order chi connectivity index (χ1) is 10.8. The van der Waals surface area contributed by atoms with Crippen molar-refractivity contribution in [3.8, 4) is 11.8 Å². The fraction of sp³-hybridized carbons (Fsp3) is 0.211. The maximum absolute atomic E-state index is 9.03. The summed E-state index contributed by atoms with van der Waals surface area (Å²) in [5.41, 5.74) is 3.53. The molecule has 3 aromatic rings. The van der Waals surface area contributed by atoms with Crippen LogP contribution in [0.2, 0.25) is 0 Å². The molecule has 2 aromatic carbocycles. The minimum absolute atomic E-state index is 0.419. The summed E-state index contributed by atoms with van der Waals surface area (Å²) < 4.78 is 7.53. The molecule has 0 saturated carbocycles. The van der Waals surface area contributed by atoms with Gasteiger partial charge in [0, 0.05) is 23.6 Å². The van der Waals surface area contributed by atoms with Gasteiger partial charge < -0.3 is 9.30 Å². The average Bonchev–Trinajstić information content (AvgIpc) is 2.91. The summed E-state index contributed by atoms with van der Waals surface area (Å²) in [4.78, 5) is 0. The zero-order valence-corrected chi connectivity index (χ0v) is 12.6. The van der Waals surface area contributed by atoms with Gasteiger partial charge in [0.2, 0.25) is 0 Å². The normalized spacial score (nSPS) is 10.5. The standard InChI is InChI=1S/C19H18N2O/c1-22-17-7-8-19-18(13-17)16(9-11-20)14-21(19)12-10-15-5-3-2-4-6-15/h2-8,13-14H,9-10,12H2,1H3. The highest BCUT2D eigenvalue weighted by molar-refractivity contribution is 5.85. The third kappa shape index (κ3) is 2.82. The Labute approximate surface area is 130 Å². The highest BCUT2D eigenvalue weighted by Crippen LogP contribution is 2.26. The molecule has 0 radical (unpaired) electrons. The molecule has 1 aromatic heterocycles. The van der Waals surface area contributed by atoms with Crippen molar-refractivity contribution in [2.75, 3.05) is 7.11 Å². The van der Waals surface area contributed by atoms with Gasteiger partial charge in [-0.3, -0.25) is 0 Å². The summed E-state index contributed by atoms with van der Waals surface area (Å²) in [6, 6.07) is 18.8. The lowest BCUT2D eigenvalue weighted by Gasteiger charge is -2.06. The molecule has 1 heterocycles. The molecule has 3 heteroatoms. The lowest BCUT2D eigenvalue weighted by Crippen LogP contribution is -1.99. The van der Waals surface area contributed by atoms with Crippen molar-refractivity contribution < 1.29 is 4.74 Å². The first-order valence-electron chi connectivity index (χ1n) is 7.38. The first kappa shape index (κ1) is 14.2. The summed E-state index contributed by atoms with van der Waals surface area (Å²) in [6.45, 7) is 0.901. The van der Waals surface area contributed by atoms with Crippen LogP contribution in [-0.4, -0.2) is 11.7 Å². The monoisotopic (exact) mass is 290 g/mol. The maximum Gasteiger partial charge on any atom is 0.119 e. The first-order valence-corrected chi connectivity index (χ1v) is 7.38. The number of aromatic nitrogens is 1. The van der Waals surface area contributed by atoms with E-state index in [2.05, 4.69) is 47.2 Å². The van der Waals surface area contributed by atoms with Gasteiger partial charge >= 0.3 is 0 Å². The Balaban J connectivity index is 1.94. The van der Waals surface area contributed by atoms with E-state index in [-0.39, 0.29) is 0 Å². The smallest absolute Gasteiger partial charge is 0.119 e. The van der Waals surface area contributed by atoms with Gasteiger partial charge in [0.1, 0.15) is 5.75 Å². The van der Waals surface area contributed by atoms with E-state index in [1.54, 1.807) is 7.11 Å². The topological polar surface area (TPSA) is 37.9 Å². The predicted octanol–water partition coefficient (Wildman–Crippen LogP) is 3.96. The third-order valence-corrected chi connectivity index (χ3v) is 3.92. The van der Waals surface area contributed by atoms with Crippen LogP contribution in [0.1, 0.15) is 11.1 Å². The molecule has 0 spiro atoms. The number of aryl methyl sites for hydroxylation is 2. The van der Waals surface area contributed by atoms with Gasteiger partial charge in [-0.1, -0.05) is 30.3 Å². The van der Waals surface area contributed by atoms with Gasteiger partial charge in [-0.05, 0) is 35.7 Å². The van der Waals surface area contributed by atoms with Crippen LogP contribution in [0.15, 0.2) is 54.7 Å². The molecule has 3 rings (SSSR count). The lowest BCUT2D eigenvalue weighted by molar-refractivity contribution is 0.415. The number of nitriles is 1. The van der Waals surface area contributed by atoms with E-state index in [0.717, 1.165) is 35.2 Å². The van der Waals surface area contributed by atoms with Crippen LogP contribution >= 0.6 is 0 Å². The molecule has 0 amide bonds. The van der Waals surface area contributed by atoms with Crippen molar-refractivity contribution in [2.45, 2.75) is 19.4 Å². The Kier molecular flexibility index (Phi) is 4.11. The predicted molar refractivity (Wildman–Crippen MR) is 88.0 cm³/mol. The van der Waals surface area contributed by atoms with Crippen molar-refractivity contribution in [1.29, 1.82) is 5.26 Å². The van der Waals surface area contributed by atoms with Crippen LogP contribution in [0.4, 0.5) is 0 Å². The van der Waals surface area contributed by atoms with Gasteiger partial charge in [-0.25, -0.2) is 0 Å². The Morgan fingerprint density at radius 3 is 2.68 bits per heavy atom. The average molecular weight is 290 g/mol. The lowest BCUT2D eigenvalue weighted by atomic mass is 10.1. The van der Waals surface area contributed by atoms with E-state index in [0.29, 0.717) is 6.42 Å². The summed E-state index contributed by atoms with van der Waals surface area (Å²) in [6.07, 6.45) is 3.49. The summed E-state index contributed by atoms with van der Waals surface area (Å²) >= 11 is 0. The summed E-state index contributed by atoms with van der Waals surface area (Å²) in [5.74, 6) is 0.826. The molecule has 3 nitrogen and oxygen atoms in total. The Morgan fingerprint density at radius 1 is 1.14 bits per heavy atom. The van der Waals surface area contributed by atoms with E-state index in [9.17, 15) is 0 Å². The SMILES string of the molecule is COc1ccc2c(c1)c(CC#N)cn2CCc1ccccc1. The Morgan fingerprint density at radius 2 is 1.95 bits per heavy atom. The van der Waals surface area contributed by atoms with Crippen molar-refractivity contribution in [1.82, 2.24) is 4.57 Å². The number of fused-ring (bicyclic) bond motifs is 1. The molecule has 0 bridgehead atoms.